The fourth-order valence-electron chi connectivity index (χ4n) is 2.92. The molecule has 0 fully saturated rings. The highest BCUT2D eigenvalue weighted by molar-refractivity contribution is 5.82. The maximum Gasteiger partial charge on any atom is 0.313 e. The zero-order chi connectivity index (χ0) is 16.6. The number of halogens is 1. The molecule has 0 amide bonds. The second kappa shape index (κ2) is 6.80. The van der Waals surface area contributed by atoms with Crippen LogP contribution in [0, 0.1) is 0 Å². The summed E-state index contributed by atoms with van der Waals surface area (Å²) in [5.41, 5.74) is 3.78. The first-order valence-electron chi connectivity index (χ1n) is 8.05. The van der Waals surface area contributed by atoms with Gasteiger partial charge in [-0.2, -0.15) is 0 Å². The average Bonchev–Trinajstić information content (AvgIpc) is 2.73. The van der Waals surface area contributed by atoms with Gasteiger partial charge in [-0.05, 0) is 28.9 Å². The Kier molecular flexibility index (Phi) is 4.34. The lowest BCUT2D eigenvalue weighted by Crippen LogP contribution is -3.00. The lowest BCUT2D eigenvalue weighted by molar-refractivity contribution is -0.759. The van der Waals surface area contributed by atoms with Gasteiger partial charge in [0.1, 0.15) is 0 Å². The van der Waals surface area contributed by atoms with Crippen molar-refractivity contribution in [2.45, 2.75) is 0 Å². The van der Waals surface area contributed by atoms with Crippen molar-refractivity contribution in [2.75, 3.05) is 0 Å². The molecule has 0 aromatic heterocycles. The second-order valence-corrected chi connectivity index (χ2v) is 5.78. The standard InChI is InChI=1S/C20H14N3O2.HI/c1-5-11-19-15(7-1)13-21-17-9-3-4-10-18(17)22-14-16-8-2-6-12-20(16)25-23(22)24-19;/h1-14H;1H/q+1;. The fraction of sp³-hybridized carbons (Fsp3) is 0. The smallest absolute Gasteiger partial charge is 0.313 e. The van der Waals surface area contributed by atoms with Crippen molar-refractivity contribution < 1.29 is 43.3 Å². The van der Waals surface area contributed by atoms with Gasteiger partial charge in [-0.25, -0.2) is 4.99 Å². The number of para-hydroxylation sites is 4. The molecule has 6 heteroatoms. The predicted octanol–water partition coefficient (Wildman–Crippen LogP) is -0.883. The summed E-state index contributed by atoms with van der Waals surface area (Å²) in [6, 6.07) is 23.7. The van der Waals surface area contributed by atoms with Crippen molar-refractivity contribution in [3.05, 3.63) is 83.9 Å². The molecule has 0 aliphatic carbocycles. The fourth-order valence-corrected chi connectivity index (χ4v) is 2.92. The van der Waals surface area contributed by atoms with Crippen molar-refractivity contribution in [1.29, 1.82) is 0 Å². The Morgan fingerprint density at radius 3 is 2.15 bits per heavy atom. The van der Waals surface area contributed by atoms with Crippen LogP contribution >= 0.6 is 0 Å². The van der Waals surface area contributed by atoms with Crippen LogP contribution in [0.15, 0.2) is 72.8 Å². The Labute approximate surface area is 167 Å². The molecule has 2 aliphatic rings. The van der Waals surface area contributed by atoms with E-state index in [0.717, 1.165) is 28.3 Å². The molecule has 1 N–H and O–H groups in total. The van der Waals surface area contributed by atoms with Crippen LogP contribution in [0.5, 0.6) is 11.5 Å². The minimum absolute atomic E-state index is 0. The SMILES string of the molecule is C1=[NH+]c2ccccc2[N+]2=Cc3ccccc3ON2Oc2ccccc21.[I-]. The summed E-state index contributed by atoms with van der Waals surface area (Å²) in [7, 11) is 0. The molecule has 0 saturated carbocycles. The molecular weight excluding hydrogens is 441 g/mol. The van der Waals surface area contributed by atoms with E-state index in [-0.39, 0.29) is 24.0 Å². The molecule has 26 heavy (non-hydrogen) atoms. The molecule has 2 heterocycles. The van der Waals surface area contributed by atoms with Crippen molar-refractivity contribution >= 4 is 23.8 Å². The van der Waals surface area contributed by atoms with Gasteiger partial charge < -0.3 is 24.0 Å². The number of hydrazine groups is 1. The number of hydrogen-bond acceptors (Lipinski definition) is 3. The van der Waals surface area contributed by atoms with E-state index in [9.17, 15) is 0 Å². The van der Waals surface area contributed by atoms with Gasteiger partial charge >= 0.3 is 5.69 Å². The molecule has 3 aromatic rings. The summed E-state index contributed by atoms with van der Waals surface area (Å²) in [6.07, 6.45) is 3.92. The van der Waals surface area contributed by atoms with E-state index in [1.54, 1.807) is 0 Å². The van der Waals surface area contributed by atoms with E-state index < -0.39 is 0 Å². The number of nitrogens with one attached hydrogen (secondary N) is 1. The van der Waals surface area contributed by atoms with Crippen LogP contribution in [-0.2, 0) is 0 Å². The van der Waals surface area contributed by atoms with Gasteiger partial charge in [0.2, 0.25) is 11.6 Å². The first-order valence-corrected chi connectivity index (χ1v) is 8.05. The van der Waals surface area contributed by atoms with Crippen molar-refractivity contribution in [1.82, 2.24) is 5.34 Å². The zero-order valence-corrected chi connectivity index (χ0v) is 15.8. The first kappa shape index (κ1) is 16.6. The number of nitrogens with zero attached hydrogens (tertiary/aromatic N) is 2. The molecule has 0 atom stereocenters. The Bertz CT molecular complexity index is 1030. The number of hydrogen-bond donors (Lipinski definition) is 1. The van der Waals surface area contributed by atoms with E-state index in [1.165, 1.54) is 5.34 Å². The summed E-state index contributed by atoms with van der Waals surface area (Å²) in [5, 5.41) is 1.40. The molecule has 0 spiro atoms. The molecule has 0 unspecified atom stereocenters. The van der Waals surface area contributed by atoms with E-state index >= 15 is 0 Å². The van der Waals surface area contributed by atoms with Gasteiger partial charge in [0.05, 0.1) is 11.1 Å². The maximum absolute atomic E-state index is 6.07. The highest BCUT2D eigenvalue weighted by Crippen LogP contribution is 2.30. The third-order valence-corrected chi connectivity index (χ3v) is 4.16. The van der Waals surface area contributed by atoms with E-state index in [1.807, 2.05) is 89.9 Å². The Hall–Kier alpha value is -2.87. The van der Waals surface area contributed by atoms with Crippen LogP contribution in [0.1, 0.15) is 11.1 Å². The van der Waals surface area contributed by atoms with Crippen LogP contribution in [0.2, 0.25) is 0 Å². The van der Waals surface area contributed by atoms with Gasteiger partial charge in [-0.3, -0.25) is 9.68 Å². The van der Waals surface area contributed by atoms with Crippen LogP contribution in [0.25, 0.3) is 0 Å². The molecular formula is C20H15IN3O2+. The van der Waals surface area contributed by atoms with Gasteiger partial charge in [0, 0.05) is 12.1 Å². The van der Waals surface area contributed by atoms with E-state index in [4.69, 9.17) is 9.68 Å². The molecule has 3 aromatic carbocycles. The van der Waals surface area contributed by atoms with Gasteiger partial charge in [0.15, 0.2) is 17.7 Å². The molecule has 0 saturated heterocycles. The zero-order valence-electron chi connectivity index (χ0n) is 13.7. The largest absolute Gasteiger partial charge is 1.00 e. The Morgan fingerprint density at radius 2 is 1.35 bits per heavy atom. The van der Waals surface area contributed by atoms with Gasteiger partial charge in [0.25, 0.3) is 5.69 Å². The van der Waals surface area contributed by atoms with Crippen molar-refractivity contribution in [2.24, 2.45) is 0 Å². The second-order valence-electron chi connectivity index (χ2n) is 5.78. The summed E-state index contributed by atoms with van der Waals surface area (Å²) >= 11 is 0. The average molecular weight is 456 g/mol. The first-order chi connectivity index (χ1) is 12.4. The Morgan fingerprint density at radius 1 is 0.731 bits per heavy atom. The topological polar surface area (TPSA) is 38.7 Å². The lowest BCUT2D eigenvalue weighted by atomic mass is 10.2. The van der Waals surface area contributed by atoms with Crippen LogP contribution in [-0.4, -0.2) is 22.4 Å². The molecule has 5 nitrogen and oxygen atoms in total. The maximum atomic E-state index is 6.07. The van der Waals surface area contributed by atoms with Crippen molar-refractivity contribution in [3.63, 3.8) is 0 Å². The predicted molar refractivity (Wildman–Crippen MR) is 93.3 cm³/mol. The van der Waals surface area contributed by atoms with Crippen LogP contribution in [0.3, 0.4) is 0 Å². The minimum atomic E-state index is 0. The third-order valence-electron chi connectivity index (χ3n) is 4.16. The molecule has 2 aliphatic heterocycles. The van der Waals surface area contributed by atoms with Crippen molar-refractivity contribution in [3.8, 4) is 11.5 Å². The third kappa shape index (κ3) is 2.82. The Balaban J connectivity index is 0.00000168. The highest BCUT2D eigenvalue weighted by atomic mass is 127. The van der Waals surface area contributed by atoms with Crippen LogP contribution < -0.4 is 38.6 Å². The van der Waals surface area contributed by atoms with Crippen LogP contribution in [0.4, 0.5) is 11.4 Å². The van der Waals surface area contributed by atoms with Gasteiger partial charge in [-0.15, -0.1) is 0 Å². The molecule has 128 valence electrons. The summed E-state index contributed by atoms with van der Waals surface area (Å²) in [5.74, 6) is 1.44. The highest BCUT2D eigenvalue weighted by Gasteiger charge is 2.35. The van der Waals surface area contributed by atoms with E-state index in [2.05, 4.69) is 4.99 Å². The van der Waals surface area contributed by atoms with Gasteiger partial charge in [-0.1, -0.05) is 36.4 Å². The monoisotopic (exact) mass is 456 g/mol. The number of rotatable bonds is 0. The quantitative estimate of drug-likeness (QED) is 0.353. The summed E-state index contributed by atoms with van der Waals surface area (Å²) in [6.45, 7) is 0. The number of fused-ring (bicyclic) bond motifs is 5. The van der Waals surface area contributed by atoms with E-state index in [0.29, 0.717) is 5.75 Å². The molecule has 0 radical (unpaired) electrons. The summed E-state index contributed by atoms with van der Waals surface area (Å²) < 4.78 is 1.85. The normalized spacial score (nSPS) is 13.7. The number of benzene rings is 3. The number of hydrazone groups is 1. The lowest BCUT2D eigenvalue weighted by Gasteiger charge is -2.21. The summed E-state index contributed by atoms with van der Waals surface area (Å²) in [4.78, 5) is 15.4. The molecule has 0 bridgehead atoms. The molecule has 5 rings (SSSR count). The minimum Gasteiger partial charge on any atom is -1.00 e.